The van der Waals surface area contributed by atoms with Gasteiger partial charge < -0.3 is 4.90 Å². The maximum Gasteiger partial charge on any atom is 0.235 e. The van der Waals surface area contributed by atoms with Crippen LogP contribution in [0.25, 0.3) is 11.4 Å². The van der Waals surface area contributed by atoms with Crippen molar-refractivity contribution in [3.63, 3.8) is 0 Å². The monoisotopic (exact) mass is 411 g/mol. The zero-order valence-corrected chi connectivity index (χ0v) is 17.1. The second kappa shape index (κ2) is 8.32. The zero-order chi connectivity index (χ0) is 20.4. The number of rotatable bonds is 7. The van der Waals surface area contributed by atoms with Gasteiger partial charge in [0.25, 0.3) is 0 Å². The summed E-state index contributed by atoms with van der Waals surface area (Å²) in [6.07, 6.45) is 5.67. The van der Waals surface area contributed by atoms with Crippen LogP contribution >= 0.6 is 11.8 Å². The number of benzene rings is 1. The molecule has 1 aliphatic carbocycles. The Morgan fingerprint density at radius 3 is 2.83 bits per heavy atom. The molecular formula is C21H22FN5OS. The van der Waals surface area contributed by atoms with Crippen LogP contribution in [-0.4, -0.2) is 42.9 Å². The summed E-state index contributed by atoms with van der Waals surface area (Å²) in [7, 11) is 1.73. The van der Waals surface area contributed by atoms with Crippen LogP contribution in [0.2, 0.25) is 0 Å². The van der Waals surface area contributed by atoms with E-state index in [1.165, 1.54) is 23.9 Å². The molecule has 1 saturated carbocycles. The lowest BCUT2D eigenvalue weighted by atomic mass is 10.2. The molecular weight excluding hydrogens is 389 g/mol. The minimum atomic E-state index is -0.336. The standard InChI is InChI=1S/C21H22FN5OS/c1-14(20(28)26(2)13-15-5-3-7-17(22)11-15)29-21-25-24-19(27(21)18-8-9-18)16-6-4-10-23-12-16/h3-7,10-12,14,18H,8-9,13H2,1-2H3/t14-/m1/s1. The number of hydrogen-bond donors (Lipinski definition) is 0. The van der Waals surface area contributed by atoms with E-state index in [2.05, 4.69) is 19.7 Å². The molecule has 1 aliphatic rings. The second-order valence-corrected chi connectivity index (χ2v) is 8.54. The van der Waals surface area contributed by atoms with Crippen LogP contribution in [-0.2, 0) is 11.3 Å². The summed E-state index contributed by atoms with van der Waals surface area (Å²) in [5, 5.41) is 9.13. The van der Waals surface area contributed by atoms with Crippen molar-refractivity contribution in [2.24, 2.45) is 0 Å². The molecule has 1 fully saturated rings. The summed E-state index contributed by atoms with van der Waals surface area (Å²) in [5.41, 5.74) is 1.68. The molecule has 1 atom stereocenters. The van der Waals surface area contributed by atoms with Crippen molar-refractivity contribution in [3.05, 3.63) is 60.2 Å². The molecule has 29 heavy (non-hydrogen) atoms. The van der Waals surface area contributed by atoms with Crippen LogP contribution < -0.4 is 0 Å². The van der Waals surface area contributed by atoms with Crippen molar-refractivity contribution in [1.82, 2.24) is 24.6 Å². The summed E-state index contributed by atoms with van der Waals surface area (Å²) in [4.78, 5) is 18.6. The van der Waals surface area contributed by atoms with Crippen molar-refractivity contribution < 1.29 is 9.18 Å². The Bertz CT molecular complexity index is 1010. The van der Waals surface area contributed by atoms with Gasteiger partial charge in [0.15, 0.2) is 11.0 Å². The summed E-state index contributed by atoms with van der Waals surface area (Å²) in [6.45, 7) is 2.22. The first-order chi connectivity index (χ1) is 14.0. The molecule has 0 spiro atoms. The molecule has 0 N–H and O–H groups in total. The molecule has 4 rings (SSSR count). The van der Waals surface area contributed by atoms with Gasteiger partial charge in [0.2, 0.25) is 5.91 Å². The van der Waals surface area contributed by atoms with E-state index in [4.69, 9.17) is 0 Å². The van der Waals surface area contributed by atoms with Gasteiger partial charge in [-0.2, -0.15) is 0 Å². The molecule has 0 aliphatic heterocycles. The highest BCUT2D eigenvalue weighted by Gasteiger charge is 2.32. The molecule has 0 unspecified atom stereocenters. The van der Waals surface area contributed by atoms with Gasteiger partial charge in [0.05, 0.1) is 5.25 Å². The van der Waals surface area contributed by atoms with Gasteiger partial charge in [-0.05, 0) is 49.6 Å². The molecule has 0 saturated heterocycles. The Kier molecular flexibility index (Phi) is 5.62. The molecule has 1 amide bonds. The first-order valence-corrected chi connectivity index (χ1v) is 10.4. The first-order valence-electron chi connectivity index (χ1n) is 9.54. The summed E-state index contributed by atoms with van der Waals surface area (Å²) >= 11 is 1.41. The second-order valence-electron chi connectivity index (χ2n) is 7.23. The van der Waals surface area contributed by atoms with E-state index in [1.54, 1.807) is 30.4 Å². The van der Waals surface area contributed by atoms with Crippen molar-refractivity contribution in [3.8, 4) is 11.4 Å². The van der Waals surface area contributed by atoms with Gasteiger partial charge in [-0.25, -0.2) is 4.39 Å². The van der Waals surface area contributed by atoms with Crippen LogP contribution in [0, 0.1) is 5.82 Å². The number of amides is 1. The lowest BCUT2D eigenvalue weighted by Gasteiger charge is -2.21. The predicted molar refractivity (Wildman–Crippen MR) is 110 cm³/mol. The van der Waals surface area contributed by atoms with Gasteiger partial charge in [-0.3, -0.25) is 14.3 Å². The molecule has 6 nitrogen and oxygen atoms in total. The minimum Gasteiger partial charge on any atom is -0.340 e. The third kappa shape index (κ3) is 4.48. The highest BCUT2D eigenvalue weighted by atomic mass is 32.2. The van der Waals surface area contributed by atoms with Gasteiger partial charge in [-0.1, -0.05) is 23.9 Å². The Balaban J connectivity index is 1.48. The Morgan fingerprint density at radius 1 is 1.31 bits per heavy atom. The third-order valence-corrected chi connectivity index (χ3v) is 5.86. The largest absolute Gasteiger partial charge is 0.340 e. The fraction of sp³-hybridized carbons (Fsp3) is 0.333. The highest BCUT2D eigenvalue weighted by Crippen LogP contribution is 2.41. The number of carbonyl (C=O) groups excluding carboxylic acids is 1. The summed E-state index contributed by atoms with van der Waals surface area (Å²) in [5.74, 6) is 0.453. The Morgan fingerprint density at radius 2 is 2.14 bits per heavy atom. The average molecular weight is 412 g/mol. The fourth-order valence-corrected chi connectivity index (χ4v) is 4.25. The van der Waals surface area contributed by atoms with Crippen molar-refractivity contribution >= 4 is 17.7 Å². The van der Waals surface area contributed by atoms with E-state index in [0.29, 0.717) is 12.6 Å². The number of pyridine rings is 1. The topological polar surface area (TPSA) is 63.9 Å². The van der Waals surface area contributed by atoms with Gasteiger partial charge in [0.1, 0.15) is 5.82 Å². The minimum absolute atomic E-state index is 0.0347. The number of carbonyl (C=O) groups is 1. The van der Waals surface area contributed by atoms with Crippen LogP contribution in [0.15, 0.2) is 53.9 Å². The Labute approximate surface area is 173 Å². The molecule has 3 aromatic rings. The maximum atomic E-state index is 13.4. The molecule has 2 aromatic heterocycles. The fourth-order valence-electron chi connectivity index (χ4n) is 3.22. The van der Waals surface area contributed by atoms with Gasteiger partial charge >= 0.3 is 0 Å². The lowest BCUT2D eigenvalue weighted by Crippen LogP contribution is -2.33. The summed E-state index contributed by atoms with van der Waals surface area (Å²) in [6, 6.07) is 10.5. The number of hydrogen-bond acceptors (Lipinski definition) is 5. The number of thioether (sulfide) groups is 1. The van der Waals surface area contributed by atoms with Crippen molar-refractivity contribution in [2.75, 3.05) is 7.05 Å². The molecule has 0 bridgehead atoms. The lowest BCUT2D eigenvalue weighted by molar-refractivity contribution is -0.129. The highest BCUT2D eigenvalue weighted by molar-refractivity contribution is 8.00. The zero-order valence-electron chi connectivity index (χ0n) is 16.3. The molecule has 1 aromatic carbocycles. The van der Waals surface area contributed by atoms with E-state index in [-0.39, 0.29) is 17.0 Å². The van der Waals surface area contributed by atoms with Crippen LogP contribution in [0.3, 0.4) is 0 Å². The van der Waals surface area contributed by atoms with Gasteiger partial charge in [0, 0.05) is 37.6 Å². The van der Waals surface area contributed by atoms with E-state index in [9.17, 15) is 9.18 Å². The average Bonchev–Trinajstić information content (AvgIpc) is 3.48. The normalized spacial score (nSPS) is 14.6. The third-order valence-electron chi connectivity index (χ3n) is 4.81. The van der Waals surface area contributed by atoms with E-state index in [1.807, 2.05) is 25.1 Å². The predicted octanol–water partition coefficient (Wildman–Crippen LogP) is 3.95. The van der Waals surface area contributed by atoms with Crippen LogP contribution in [0.1, 0.15) is 31.4 Å². The number of halogens is 1. The van der Waals surface area contributed by atoms with Crippen LogP contribution in [0.4, 0.5) is 4.39 Å². The number of aromatic nitrogens is 4. The van der Waals surface area contributed by atoms with Crippen LogP contribution in [0.5, 0.6) is 0 Å². The molecule has 2 heterocycles. The SMILES string of the molecule is C[C@@H](Sc1nnc(-c2cccnc2)n1C1CC1)C(=O)N(C)Cc1cccc(F)c1. The van der Waals surface area contributed by atoms with E-state index < -0.39 is 0 Å². The smallest absolute Gasteiger partial charge is 0.235 e. The summed E-state index contributed by atoms with van der Waals surface area (Å²) < 4.78 is 15.5. The van der Waals surface area contributed by atoms with Gasteiger partial charge in [-0.15, -0.1) is 10.2 Å². The van der Waals surface area contributed by atoms with Crippen molar-refractivity contribution in [1.29, 1.82) is 0 Å². The van der Waals surface area contributed by atoms with E-state index in [0.717, 1.165) is 34.9 Å². The molecule has 0 radical (unpaired) electrons. The Hall–Kier alpha value is -2.74. The first kappa shape index (κ1) is 19.6. The van der Waals surface area contributed by atoms with Crippen molar-refractivity contribution in [2.45, 2.75) is 42.8 Å². The quantitative estimate of drug-likeness (QED) is 0.551. The molecule has 150 valence electrons. The number of nitrogens with zero attached hydrogens (tertiary/aromatic N) is 5. The molecule has 8 heteroatoms. The van der Waals surface area contributed by atoms with E-state index >= 15 is 0 Å². The maximum absolute atomic E-state index is 13.4.